The Hall–Kier alpha value is -1.79. The van der Waals surface area contributed by atoms with E-state index in [9.17, 15) is 15.0 Å². The lowest BCUT2D eigenvalue weighted by Gasteiger charge is -2.22. The van der Waals surface area contributed by atoms with Crippen LogP contribution >= 0.6 is 0 Å². The highest BCUT2D eigenvalue weighted by Gasteiger charge is 2.16. The van der Waals surface area contributed by atoms with E-state index in [0.29, 0.717) is 31.9 Å². The van der Waals surface area contributed by atoms with Crippen molar-refractivity contribution < 1.29 is 24.5 Å². The average Bonchev–Trinajstić information content (AvgIpc) is 2.45. The van der Waals surface area contributed by atoms with Crippen molar-refractivity contribution in [3.8, 4) is 11.5 Å². The molecule has 0 saturated heterocycles. The Balaban J connectivity index is 2.76. The summed E-state index contributed by atoms with van der Waals surface area (Å²) in [6.45, 7) is 2.00. The van der Waals surface area contributed by atoms with Gasteiger partial charge >= 0.3 is 0 Å². The van der Waals surface area contributed by atoms with Gasteiger partial charge in [-0.15, -0.1) is 0 Å². The number of amides is 1. The van der Waals surface area contributed by atoms with Crippen LogP contribution in [0.25, 0.3) is 0 Å². The van der Waals surface area contributed by atoms with E-state index in [1.807, 2.05) is 0 Å². The first-order valence-corrected chi connectivity index (χ1v) is 6.39. The van der Waals surface area contributed by atoms with Crippen molar-refractivity contribution in [1.29, 1.82) is 0 Å². The van der Waals surface area contributed by atoms with Gasteiger partial charge in [-0.2, -0.15) is 0 Å². The molecule has 1 aromatic rings. The topological polar surface area (TPSA) is 79.2 Å². The molecule has 0 aromatic heterocycles. The van der Waals surface area contributed by atoms with Crippen molar-refractivity contribution in [3.63, 3.8) is 0 Å². The number of carbonyl (C=O) groups excluding carboxylic acids is 1. The first-order valence-electron chi connectivity index (χ1n) is 6.39. The summed E-state index contributed by atoms with van der Waals surface area (Å²) in [5.41, 5.74) is 0.328. The van der Waals surface area contributed by atoms with Crippen LogP contribution in [0.15, 0.2) is 18.2 Å². The fourth-order valence-electron chi connectivity index (χ4n) is 1.76. The molecule has 6 nitrogen and oxygen atoms in total. The number of ether oxygens (including phenoxy) is 2. The van der Waals surface area contributed by atoms with Gasteiger partial charge in [0.1, 0.15) is 0 Å². The minimum Gasteiger partial charge on any atom is -0.504 e. The van der Waals surface area contributed by atoms with E-state index < -0.39 is 0 Å². The van der Waals surface area contributed by atoms with Gasteiger partial charge in [0.05, 0.1) is 6.61 Å². The number of phenols is 2. The van der Waals surface area contributed by atoms with Crippen LogP contribution in [0, 0.1) is 0 Å². The van der Waals surface area contributed by atoms with Crippen LogP contribution in [0.3, 0.4) is 0 Å². The quantitative estimate of drug-likeness (QED) is 0.554. The first kappa shape index (κ1) is 16.3. The van der Waals surface area contributed by atoms with E-state index in [0.717, 1.165) is 6.42 Å². The fourth-order valence-corrected chi connectivity index (χ4v) is 1.76. The van der Waals surface area contributed by atoms with Crippen molar-refractivity contribution in [1.82, 2.24) is 4.90 Å². The molecule has 1 amide bonds. The zero-order valence-electron chi connectivity index (χ0n) is 11.8. The molecule has 6 heteroatoms. The Morgan fingerprint density at radius 2 is 1.80 bits per heavy atom. The van der Waals surface area contributed by atoms with Gasteiger partial charge in [-0.25, -0.2) is 0 Å². The molecule has 1 rings (SSSR count). The Labute approximate surface area is 118 Å². The van der Waals surface area contributed by atoms with E-state index in [1.165, 1.54) is 18.2 Å². The van der Waals surface area contributed by atoms with Crippen LogP contribution < -0.4 is 0 Å². The molecule has 0 radical (unpaired) electrons. The number of phenolic OH excluding ortho intramolecular Hbond substituents is 2. The standard InChI is InChI=1S/C14H21NO5/c1-19-8-3-6-15(7-9-20-2)14(18)11-4-5-12(16)13(17)10-11/h4-5,10,16-17H,3,6-9H2,1-2H3. The van der Waals surface area contributed by atoms with E-state index >= 15 is 0 Å². The Morgan fingerprint density at radius 1 is 1.10 bits per heavy atom. The molecule has 0 heterocycles. The smallest absolute Gasteiger partial charge is 0.254 e. The number of benzene rings is 1. The van der Waals surface area contributed by atoms with Gasteiger partial charge in [0.25, 0.3) is 5.91 Å². The monoisotopic (exact) mass is 283 g/mol. The Kier molecular flexibility index (Phi) is 6.83. The van der Waals surface area contributed by atoms with Gasteiger partial charge in [-0.3, -0.25) is 4.79 Å². The zero-order chi connectivity index (χ0) is 15.0. The lowest BCUT2D eigenvalue weighted by Crippen LogP contribution is -2.35. The predicted molar refractivity (Wildman–Crippen MR) is 74.0 cm³/mol. The lowest BCUT2D eigenvalue weighted by molar-refractivity contribution is 0.0673. The van der Waals surface area contributed by atoms with Crippen LogP contribution in [0.4, 0.5) is 0 Å². The number of nitrogens with zero attached hydrogens (tertiary/aromatic N) is 1. The number of hydrogen-bond donors (Lipinski definition) is 2. The molecule has 0 spiro atoms. The summed E-state index contributed by atoms with van der Waals surface area (Å²) in [4.78, 5) is 14.0. The summed E-state index contributed by atoms with van der Waals surface area (Å²) in [5, 5.41) is 18.7. The molecule has 20 heavy (non-hydrogen) atoms. The summed E-state index contributed by atoms with van der Waals surface area (Å²) < 4.78 is 9.97. The summed E-state index contributed by atoms with van der Waals surface area (Å²) in [6, 6.07) is 4.04. The van der Waals surface area contributed by atoms with E-state index in [1.54, 1.807) is 19.1 Å². The molecule has 1 aromatic carbocycles. The highest BCUT2D eigenvalue weighted by Crippen LogP contribution is 2.25. The van der Waals surface area contributed by atoms with E-state index in [4.69, 9.17) is 9.47 Å². The molecule has 2 N–H and O–H groups in total. The van der Waals surface area contributed by atoms with E-state index in [-0.39, 0.29) is 17.4 Å². The van der Waals surface area contributed by atoms with Crippen LogP contribution in [0.1, 0.15) is 16.8 Å². The summed E-state index contributed by atoms with van der Waals surface area (Å²) >= 11 is 0. The van der Waals surface area contributed by atoms with Crippen LogP contribution in [-0.4, -0.2) is 61.5 Å². The summed E-state index contributed by atoms with van der Waals surface area (Å²) in [7, 11) is 3.18. The van der Waals surface area contributed by atoms with Crippen LogP contribution in [0.2, 0.25) is 0 Å². The van der Waals surface area contributed by atoms with Crippen molar-refractivity contribution in [3.05, 3.63) is 23.8 Å². The normalized spacial score (nSPS) is 10.5. The second-order valence-corrected chi connectivity index (χ2v) is 4.33. The first-order chi connectivity index (χ1) is 9.60. The number of methoxy groups -OCH3 is 2. The highest BCUT2D eigenvalue weighted by molar-refractivity contribution is 5.94. The third-order valence-corrected chi connectivity index (χ3v) is 2.85. The SMILES string of the molecule is COCCCN(CCOC)C(=O)c1ccc(O)c(O)c1. The largest absolute Gasteiger partial charge is 0.504 e. The molecule has 0 aliphatic rings. The van der Waals surface area contributed by atoms with E-state index in [2.05, 4.69) is 0 Å². The second kappa shape index (κ2) is 8.39. The minimum atomic E-state index is -0.306. The fraction of sp³-hybridized carbons (Fsp3) is 0.500. The van der Waals surface area contributed by atoms with Gasteiger partial charge in [-0.1, -0.05) is 0 Å². The second-order valence-electron chi connectivity index (χ2n) is 4.33. The molecule has 0 aliphatic carbocycles. The summed E-state index contributed by atoms with van der Waals surface area (Å²) in [6.07, 6.45) is 0.718. The molecule has 0 atom stereocenters. The average molecular weight is 283 g/mol. The van der Waals surface area contributed by atoms with Crippen LogP contribution in [0.5, 0.6) is 11.5 Å². The maximum Gasteiger partial charge on any atom is 0.254 e. The van der Waals surface area contributed by atoms with Gasteiger partial charge in [0.15, 0.2) is 11.5 Å². The Bertz CT molecular complexity index is 436. The van der Waals surface area contributed by atoms with Crippen LogP contribution in [-0.2, 0) is 9.47 Å². The zero-order valence-corrected chi connectivity index (χ0v) is 11.8. The molecular weight excluding hydrogens is 262 g/mol. The van der Waals surface area contributed by atoms with Gasteiger partial charge in [0.2, 0.25) is 0 Å². The van der Waals surface area contributed by atoms with Crippen molar-refractivity contribution >= 4 is 5.91 Å². The molecule has 0 aliphatic heterocycles. The van der Waals surface area contributed by atoms with Gasteiger partial charge in [-0.05, 0) is 24.6 Å². The van der Waals surface area contributed by atoms with Gasteiger partial charge in [0, 0.05) is 39.5 Å². The van der Waals surface area contributed by atoms with Crippen molar-refractivity contribution in [2.45, 2.75) is 6.42 Å². The summed E-state index contributed by atoms with van der Waals surface area (Å²) in [5.74, 6) is -0.766. The third-order valence-electron chi connectivity index (χ3n) is 2.85. The maximum atomic E-state index is 12.3. The third kappa shape index (κ3) is 4.71. The molecule has 0 fully saturated rings. The van der Waals surface area contributed by atoms with Crippen molar-refractivity contribution in [2.24, 2.45) is 0 Å². The predicted octanol–water partition coefficient (Wildman–Crippen LogP) is 1.22. The maximum absolute atomic E-state index is 12.3. The van der Waals surface area contributed by atoms with Gasteiger partial charge < -0.3 is 24.6 Å². The molecule has 112 valence electrons. The minimum absolute atomic E-state index is 0.214. The molecule has 0 unspecified atom stereocenters. The lowest BCUT2D eigenvalue weighted by atomic mass is 10.1. The number of hydrogen-bond acceptors (Lipinski definition) is 5. The molecular formula is C14H21NO5. The number of aromatic hydroxyl groups is 2. The number of carbonyl (C=O) groups is 1. The molecule has 0 saturated carbocycles. The highest BCUT2D eigenvalue weighted by atomic mass is 16.5. The van der Waals surface area contributed by atoms with Crippen molar-refractivity contribution in [2.75, 3.05) is 40.5 Å². The molecule has 0 bridgehead atoms. The number of rotatable bonds is 8. The Morgan fingerprint density at radius 3 is 2.40 bits per heavy atom.